The molecular weight excluding hydrogens is 300 g/mol. The predicted molar refractivity (Wildman–Crippen MR) is 91.3 cm³/mol. The maximum absolute atomic E-state index is 5.93. The van der Waals surface area contributed by atoms with Crippen molar-refractivity contribution < 1.29 is 4.42 Å². The van der Waals surface area contributed by atoms with Crippen LogP contribution in [0.5, 0.6) is 0 Å². The van der Waals surface area contributed by atoms with Gasteiger partial charge < -0.3 is 4.42 Å². The molecule has 5 heteroatoms. The Kier molecular flexibility index (Phi) is 4.09. The number of pyridine rings is 1. The highest BCUT2D eigenvalue weighted by Gasteiger charge is 2.28. The first kappa shape index (κ1) is 15.0. The molecule has 1 saturated heterocycles. The Morgan fingerprint density at radius 3 is 2.79 bits per heavy atom. The van der Waals surface area contributed by atoms with E-state index in [2.05, 4.69) is 45.2 Å². The molecule has 1 atom stereocenters. The van der Waals surface area contributed by atoms with Crippen molar-refractivity contribution in [2.45, 2.75) is 25.8 Å². The number of nitrogens with zero attached hydrogens (tertiary/aromatic N) is 4. The van der Waals surface area contributed by atoms with E-state index in [0.717, 1.165) is 43.2 Å². The summed E-state index contributed by atoms with van der Waals surface area (Å²) in [6, 6.07) is 14.2. The molecule has 122 valence electrons. The molecule has 3 heterocycles. The lowest BCUT2D eigenvalue weighted by Crippen LogP contribution is -2.20. The van der Waals surface area contributed by atoms with Gasteiger partial charge in [-0.25, -0.2) is 0 Å². The second-order valence-electron chi connectivity index (χ2n) is 6.35. The van der Waals surface area contributed by atoms with Crippen molar-refractivity contribution in [1.82, 2.24) is 20.1 Å². The number of hydrogen-bond donors (Lipinski definition) is 0. The van der Waals surface area contributed by atoms with Gasteiger partial charge in [-0.3, -0.25) is 9.88 Å². The van der Waals surface area contributed by atoms with E-state index >= 15 is 0 Å². The van der Waals surface area contributed by atoms with E-state index in [1.807, 2.05) is 30.5 Å². The van der Waals surface area contributed by atoms with Gasteiger partial charge in [-0.15, -0.1) is 10.2 Å². The van der Waals surface area contributed by atoms with Gasteiger partial charge in [0.15, 0.2) is 0 Å². The lowest BCUT2D eigenvalue weighted by molar-refractivity contribution is 0.316. The first-order valence-electron chi connectivity index (χ1n) is 8.30. The monoisotopic (exact) mass is 320 g/mol. The van der Waals surface area contributed by atoms with Gasteiger partial charge >= 0.3 is 0 Å². The van der Waals surface area contributed by atoms with E-state index in [4.69, 9.17) is 4.42 Å². The Morgan fingerprint density at radius 2 is 2.00 bits per heavy atom. The van der Waals surface area contributed by atoms with Gasteiger partial charge in [-0.1, -0.05) is 23.8 Å². The number of likely N-dealkylation sites (tertiary alicyclic amines) is 1. The summed E-state index contributed by atoms with van der Waals surface area (Å²) in [5, 5.41) is 8.50. The first-order valence-corrected chi connectivity index (χ1v) is 8.30. The minimum atomic E-state index is 0.306. The molecule has 0 bridgehead atoms. The molecule has 2 aromatic heterocycles. The van der Waals surface area contributed by atoms with E-state index in [0.29, 0.717) is 11.8 Å². The smallest absolute Gasteiger partial charge is 0.247 e. The van der Waals surface area contributed by atoms with Crippen molar-refractivity contribution in [2.24, 2.45) is 0 Å². The van der Waals surface area contributed by atoms with Gasteiger partial charge in [0, 0.05) is 24.8 Å². The Balaban J connectivity index is 1.43. The van der Waals surface area contributed by atoms with Crippen molar-refractivity contribution in [2.75, 3.05) is 13.1 Å². The van der Waals surface area contributed by atoms with Gasteiger partial charge in [0.1, 0.15) is 0 Å². The van der Waals surface area contributed by atoms with Crippen LogP contribution in [0.1, 0.15) is 29.5 Å². The van der Waals surface area contributed by atoms with Gasteiger partial charge in [0.05, 0.1) is 11.6 Å². The Bertz CT molecular complexity index is 798. The number of aromatic nitrogens is 3. The molecule has 1 aromatic carbocycles. The summed E-state index contributed by atoms with van der Waals surface area (Å²) >= 11 is 0. The first-order chi connectivity index (χ1) is 11.8. The van der Waals surface area contributed by atoms with Crippen LogP contribution in [0.25, 0.3) is 11.5 Å². The van der Waals surface area contributed by atoms with E-state index in [1.165, 1.54) is 5.56 Å². The minimum absolute atomic E-state index is 0.306. The molecule has 4 rings (SSSR count). The molecule has 1 fully saturated rings. The summed E-state index contributed by atoms with van der Waals surface area (Å²) < 4.78 is 5.93. The number of aryl methyl sites for hydroxylation is 1. The van der Waals surface area contributed by atoms with Crippen molar-refractivity contribution in [1.29, 1.82) is 0 Å². The molecule has 0 saturated carbocycles. The highest BCUT2D eigenvalue weighted by molar-refractivity contribution is 5.52. The molecule has 0 aliphatic carbocycles. The highest BCUT2D eigenvalue weighted by atomic mass is 16.4. The standard InChI is InChI=1S/C19H20N4O/c1-14-5-7-15(8-6-14)18-21-22-19(24-18)16-9-11-23(12-16)13-17-4-2-3-10-20-17/h2-8,10,16H,9,11-13H2,1H3/t16-/m0/s1. The fraction of sp³-hybridized carbons (Fsp3) is 0.316. The van der Waals surface area contributed by atoms with Crippen molar-refractivity contribution in [3.05, 3.63) is 65.8 Å². The molecule has 1 aliphatic heterocycles. The average molecular weight is 320 g/mol. The molecule has 3 aromatic rings. The fourth-order valence-corrected chi connectivity index (χ4v) is 3.11. The van der Waals surface area contributed by atoms with Crippen LogP contribution in [0, 0.1) is 6.92 Å². The molecule has 1 aliphatic rings. The molecule has 5 nitrogen and oxygen atoms in total. The van der Waals surface area contributed by atoms with E-state index in [9.17, 15) is 0 Å². The normalized spacial score (nSPS) is 18.1. The Labute approximate surface area is 141 Å². The molecule has 0 spiro atoms. The zero-order valence-electron chi connectivity index (χ0n) is 13.7. The van der Waals surface area contributed by atoms with Crippen LogP contribution in [0.4, 0.5) is 0 Å². The summed E-state index contributed by atoms with van der Waals surface area (Å²) in [6.07, 6.45) is 2.89. The summed E-state index contributed by atoms with van der Waals surface area (Å²) in [7, 11) is 0. The molecule has 0 unspecified atom stereocenters. The molecule has 24 heavy (non-hydrogen) atoms. The number of benzene rings is 1. The molecule has 0 amide bonds. The van der Waals surface area contributed by atoms with E-state index < -0.39 is 0 Å². The van der Waals surface area contributed by atoms with E-state index in [-0.39, 0.29) is 0 Å². The van der Waals surface area contributed by atoms with Gasteiger partial charge in [-0.05, 0) is 44.2 Å². The second kappa shape index (κ2) is 6.53. The third-order valence-corrected chi connectivity index (χ3v) is 4.47. The molecular formula is C19H20N4O. The SMILES string of the molecule is Cc1ccc(-c2nnc([C@H]3CCN(Cc4ccccn4)C3)o2)cc1. The third kappa shape index (κ3) is 3.21. The van der Waals surface area contributed by atoms with Crippen LogP contribution < -0.4 is 0 Å². The maximum Gasteiger partial charge on any atom is 0.247 e. The lowest BCUT2D eigenvalue weighted by atomic mass is 10.1. The van der Waals surface area contributed by atoms with Gasteiger partial charge in [0.2, 0.25) is 11.8 Å². The van der Waals surface area contributed by atoms with Crippen molar-refractivity contribution in [3.8, 4) is 11.5 Å². The summed E-state index contributed by atoms with van der Waals surface area (Å²) in [5.41, 5.74) is 3.30. The highest BCUT2D eigenvalue weighted by Crippen LogP contribution is 2.29. The van der Waals surface area contributed by atoms with Crippen molar-refractivity contribution >= 4 is 0 Å². The third-order valence-electron chi connectivity index (χ3n) is 4.47. The van der Waals surface area contributed by atoms with E-state index in [1.54, 1.807) is 0 Å². The van der Waals surface area contributed by atoms with Crippen LogP contribution in [-0.2, 0) is 6.54 Å². The molecule has 0 radical (unpaired) electrons. The fourth-order valence-electron chi connectivity index (χ4n) is 3.11. The van der Waals surface area contributed by atoms with Gasteiger partial charge in [-0.2, -0.15) is 0 Å². The summed E-state index contributed by atoms with van der Waals surface area (Å²) in [4.78, 5) is 6.79. The number of rotatable bonds is 4. The average Bonchev–Trinajstić information content (AvgIpc) is 3.26. The lowest BCUT2D eigenvalue weighted by Gasteiger charge is -2.14. The Morgan fingerprint density at radius 1 is 1.12 bits per heavy atom. The topological polar surface area (TPSA) is 55.1 Å². The molecule has 0 N–H and O–H groups in total. The maximum atomic E-state index is 5.93. The largest absolute Gasteiger partial charge is 0.420 e. The number of hydrogen-bond acceptors (Lipinski definition) is 5. The van der Waals surface area contributed by atoms with Crippen LogP contribution >= 0.6 is 0 Å². The second-order valence-corrected chi connectivity index (χ2v) is 6.35. The minimum Gasteiger partial charge on any atom is -0.420 e. The van der Waals surface area contributed by atoms with Gasteiger partial charge in [0.25, 0.3) is 0 Å². The summed E-state index contributed by atoms with van der Waals surface area (Å²) in [6.45, 7) is 4.91. The zero-order valence-corrected chi connectivity index (χ0v) is 13.7. The van der Waals surface area contributed by atoms with Crippen LogP contribution in [-0.4, -0.2) is 33.2 Å². The zero-order chi connectivity index (χ0) is 16.4. The Hall–Kier alpha value is -2.53. The predicted octanol–water partition coefficient (Wildman–Crippen LogP) is 3.43. The summed E-state index contributed by atoms with van der Waals surface area (Å²) in [5.74, 6) is 1.66. The van der Waals surface area contributed by atoms with Crippen molar-refractivity contribution in [3.63, 3.8) is 0 Å². The van der Waals surface area contributed by atoms with Crippen LogP contribution in [0.15, 0.2) is 53.1 Å². The quantitative estimate of drug-likeness (QED) is 0.737. The van der Waals surface area contributed by atoms with Crippen LogP contribution in [0.3, 0.4) is 0 Å². The van der Waals surface area contributed by atoms with Crippen LogP contribution in [0.2, 0.25) is 0 Å².